The van der Waals surface area contributed by atoms with Crippen LogP contribution < -0.4 is 15.2 Å². The van der Waals surface area contributed by atoms with Crippen LogP contribution in [-0.4, -0.2) is 35.7 Å². The maximum Gasteiger partial charge on any atom is 0.161 e. The number of anilines is 1. The van der Waals surface area contributed by atoms with Gasteiger partial charge in [0.1, 0.15) is 0 Å². The highest BCUT2D eigenvalue weighted by atomic mass is 16.5. The summed E-state index contributed by atoms with van der Waals surface area (Å²) in [6, 6.07) is 5.52. The molecule has 3 N–H and O–H groups in total. The number of nitrogen functional groups attached to an aromatic ring is 1. The monoisotopic (exact) mass is 263 g/mol. The van der Waals surface area contributed by atoms with Crippen LogP contribution in [0.25, 0.3) is 11.3 Å². The Morgan fingerprint density at radius 2 is 2.00 bits per heavy atom. The van der Waals surface area contributed by atoms with Crippen LogP contribution in [-0.2, 0) is 6.54 Å². The molecule has 1 aromatic heterocycles. The molecule has 2 rings (SSSR count). The fourth-order valence-electron chi connectivity index (χ4n) is 1.96. The molecular weight excluding hydrogens is 246 g/mol. The molecule has 1 aromatic carbocycles. The Labute approximate surface area is 111 Å². The number of methoxy groups -OCH3 is 2. The maximum absolute atomic E-state index is 9.04. The second kappa shape index (κ2) is 5.62. The molecule has 0 aliphatic carbocycles. The first kappa shape index (κ1) is 13.2. The van der Waals surface area contributed by atoms with E-state index in [0.29, 0.717) is 23.7 Å². The molecule has 2 aromatic rings. The summed E-state index contributed by atoms with van der Waals surface area (Å²) < 4.78 is 12.1. The summed E-state index contributed by atoms with van der Waals surface area (Å²) in [5.74, 6) is 1.27. The second-order valence-corrected chi connectivity index (χ2v) is 3.97. The minimum absolute atomic E-state index is 0.00140. The van der Waals surface area contributed by atoms with Crippen molar-refractivity contribution in [3.05, 3.63) is 24.4 Å². The van der Waals surface area contributed by atoms with Gasteiger partial charge >= 0.3 is 0 Å². The van der Waals surface area contributed by atoms with E-state index < -0.39 is 0 Å². The molecule has 0 amide bonds. The highest BCUT2D eigenvalue weighted by Gasteiger charge is 2.13. The number of nitrogens with two attached hydrogens (primary N) is 1. The third-order valence-electron chi connectivity index (χ3n) is 2.84. The van der Waals surface area contributed by atoms with Crippen LogP contribution in [0.4, 0.5) is 5.69 Å². The molecule has 6 heteroatoms. The smallest absolute Gasteiger partial charge is 0.161 e. The molecule has 1 heterocycles. The summed E-state index contributed by atoms with van der Waals surface area (Å²) in [5, 5.41) is 13.2. The third kappa shape index (κ3) is 2.48. The summed E-state index contributed by atoms with van der Waals surface area (Å²) in [7, 11) is 3.16. The lowest BCUT2D eigenvalue weighted by Gasteiger charge is -2.11. The van der Waals surface area contributed by atoms with Crippen molar-refractivity contribution in [1.82, 2.24) is 9.78 Å². The molecule has 0 aliphatic heterocycles. The third-order valence-corrected chi connectivity index (χ3v) is 2.84. The molecule has 19 heavy (non-hydrogen) atoms. The zero-order chi connectivity index (χ0) is 13.8. The zero-order valence-corrected chi connectivity index (χ0v) is 11.0. The fraction of sp³-hybridized carbons (Fsp3) is 0.308. The number of benzene rings is 1. The van der Waals surface area contributed by atoms with Crippen LogP contribution >= 0.6 is 0 Å². The van der Waals surface area contributed by atoms with Crippen molar-refractivity contribution in [1.29, 1.82) is 0 Å². The molecule has 6 nitrogen and oxygen atoms in total. The summed E-state index contributed by atoms with van der Waals surface area (Å²) in [6.45, 7) is 0.391. The van der Waals surface area contributed by atoms with Crippen LogP contribution in [0.1, 0.15) is 0 Å². The fourth-order valence-corrected chi connectivity index (χ4v) is 1.96. The highest BCUT2D eigenvalue weighted by molar-refractivity contribution is 5.74. The number of ether oxygens (including phenoxy) is 2. The van der Waals surface area contributed by atoms with E-state index in [4.69, 9.17) is 20.3 Å². The Hall–Kier alpha value is -2.21. The molecule has 102 valence electrons. The Morgan fingerprint density at radius 1 is 1.26 bits per heavy atom. The number of rotatable bonds is 5. The summed E-state index contributed by atoms with van der Waals surface area (Å²) in [4.78, 5) is 0. The number of nitrogens with zero attached hydrogens (tertiary/aromatic N) is 2. The second-order valence-electron chi connectivity index (χ2n) is 3.97. The quantitative estimate of drug-likeness (QED) is 0.845. The predicted octanol–water partition coefficient (Wildman–Crippen LogP) is 1.14. The minimum Gasteiger partial charge on any atom is -0.493 e. The van der Waals surface area contributed by atoms with E-state index in [1.54, 1.807) is 25.1 Å². The Morgan fingerprint density at radius 3 is 2.63 bits per heavy atom. The molecule has 0 atom stereocenters. The Balaban J connectivity index is 2.49. The Kier molecular flexibility index (Phi) is 3.91. The predicted molar refractivity (Wildman–Crippen MR) is 72.3 cm³/mol. The largest absolute Gasteiger partial charge is 0.493 e. The summed E-state index contributed by atoms with van der Waals surface area (Å²) in [5.41, 5.74) is 8.11. The number of hydrogen-bond donors (Lipinski definition) is 2. The van der Waals surface area contributed by atoms with Crippen LogP contribution in [0.5, 0.6) is 11.5 Å². The van der Waals surface area contributed by atoms with Gasteiger partial charge in [-0.05, 0) is 18.2 Å². The average molecular weight is 263 g/mol. The van der Waals surface area contributed by atoms with Gasteiger partial charge in [-0.2, -0.15) is 5.10 Å². The summed E-state index contributed by atoms with van der Waals surface area (Å²) >= 11 is 0. The van der Waals surface area contributed by atoms with Crippen LogP contribution in [0.3, 0.4) is 0 Å². The number of aromatic nitrogens is 2. The van der Waals surface area contributed by atoms with Gasteiger partial charge in [0.15, 0.2) is 11.5 Å². The van der Waals surface area contributed by atoms with E-state index in [1.807, 2.05) is 18.2 Å². The van der Waals surface area contributed by atoms with Gasteiger partial charge in [-0.1, -0.05) is 0 Å². The van der Waals surface area contributed by atoms with Gasteiger partial charge in [0.25, 0.3) is 0 Å². The molecule has 0 radical (unpaired) electrons. The lowest BCUT2D eigenvalue weighted by Crippen LogP contribution is -2.06. The van der Waals surface area contributed by atoms with Gasteiger partial charge in [-0.25, -0.2) is 0 Å². The van der Waals surface area contributed by atoms with Gasteiger partial charge < -0.3 is 20.3 Å². The van der Waals surface area contributed by atoms with E-state index in [2.05, 4.69) is 5.10 Å². The molecular formula is C13H17N3O3. The van der Waals surface area contributed by atoms with E-state index >= 15 is 0 Å². The molecule has 0 saturated carbocycles. The van der Waals surface area contributed by atoms with E-state index in [1.165, 1.54) is 0 Å². The molecule has 0 aliphatic rings. The molecule has 0 saturated heterocycles. The first-order valence-corrected chi connectivity index (χ1v) is 5.85. The standard InChI is InChI=1S/C13H17N3O3/c1-18-11-4-3-9(7-12(11)19-2)13-10(14)8-15-16(13)5-6-17/h3-4,7-8,17H,5-6,14H2,1-2H3. The van der Waals surface area contributed by atoms with Gasteiger partial charge in [0.05, 0.1) is 44.9 Å². The topological polar surface area (TPSA) is 82.5 Å². The van der Waals surface area contributed by atoms with E-state index in [-0.39, 0.29) is 6.61 Å². The normalized spacial score (nSPS) is 10.5. The lowest BCUT2D eigenvalue weighted by atomic mass is 10.1. The van der Waals surface area contributed by atoms with Crippen LogP contribution in [0, 0.1) is 0 Å². The first-order chi connectivity index (χ1) is 9.21. The van der Waals surface area contributed by atoms with Crippen LogP contribution in [0.15, 0.2) is 24.4 Å². The van der Waals surface area contributed by atoms with Gasteiger partial charge in [0, 0.05) is 5.56 Å². The van der Waals surface area contributed by atoms with Crippen molar-refractivity contribution in [2.75, 3.05) is 26.6 Å². The average Bonchev–Trinajstić information content (AvgIpc) is 2.79. The van der Waals surface area contributed by atoms with E-state index in [0.717, 1.165) is 11.3 Å². The van der Waals surface area contributed by atoms with Gasteiger partial charge in [-0.15, -0.1) is 0 Å². The molecule has 0 unspecified atom stereocenters. The Bertz CT molecular complexity index is 566. The molecule has 0 spiro atoms. The van der Waals surface area contributed by atoms with Gasteiger partial charge in [-0.3, -0.25) is 4.68 Å². The number of aliphatic hydroxyl groups is 1. The minimum atomic E-state index is 0.00140. The van der Waals surface area contributed by atoms with Crippen molar-refractivity contribution in [3.8, 4) is 22.8 Å². The number of hydrogen-bond acceptors (Lipinski definition) is 5. The van der Waals surface area contributed by atoms with Crippen molar-refractivity contribution >= 4 is 5.69 Å². The highest BCUT2D eigenvalue weighted by Crippen LogP contribution is 2.34. The SMILES string of the molecule is COc1ccc(-c2c(N)cnn2CCO)cc1OC. The van der Waals surface area contributed by atoms with Crippen LogP contribution in [0.2, 0.25) is 0 Å². The zero-order valence-electron chi connectivity index (χ0n) is 11.0. The van der Waals surface area contributed by atoms with Crippen molar-refractivity contribution in [2.24, 2.45) is 0 Å². The van der Waals surface area contributed by atoms with Crippen molar-refractivity contribution in [2.45, 2.75) is 6.54 Å². The van der Waals surface area contributed by atoms with Gasteiger partial charge in [0.2, 0.25) is 0 Å². The van der Waals surface area contributed by atoms with Crippen molar-refractivity contribution < 1.29 is 14.6 Å². The first-order valence-electron chi connectivity index (χ1n) is 5.85. The van der Waals surface area contributed by atoms with Crippen molar-refractivity contribution in [3.63, 3.8) is 0 Å². The molecule has 0 fully saturated rings. The van der Waals surface area contributed by atoms with E-state index in [9.17, 15) is 0 Å². The molecule has 0 bridgehead atoms. The number of aliphatic hydroxyl groups excluding tert-OH is 1. The summed E-state index contributed by atoms with van der Waals surface area (Å²) in [6.07, 6.45) is 1.57. The maximum atomic E-state index is 9.04. The lowest BCUT2D eigenvalue weighted by molar-refractivity contribution is 0.270.